The van der Waals surface area contributed by atoms with E-state index < -0.39 is 0 Å². The summed E-state index contributed by atoms with van der Waals surface area (Å²) in [6.07, 6.45) is 2.53. The molecule has 1 aromatic rings. The quantitative estimate of drug-likeness (QED) is 0.766. The lowest BCUT2D eigenvalue weighted by Crippen LogP contribution is -2.15. The van der Waals surface area contributed by atoms with Crippen LogP contribution in [0.4, 0.5) is 0 Å². The van der Waals surface area contributed by atoms with Crippen molar-refractivity contribution in [2.24, 2.45) is 0 Å². The summed E-state index contributed by atoms with van der Waals surface area (Å²) in [4.78, 5) is 10.8. The van der Waals surface area contributed by atoms with Gasteiger partial charge in [0.2, 0.25) is 0 Å². The second-order valence-electron chi connectivity index (χ2n) is 3.96. The average molecular weight is 233 g/mol. The Hall–Kier alpha value is -1.77. The van der Waals surface area contributed by atoms with Crippen molar-refractivity contribution in [2.45, 2.75) is 20.3 Å². The van der Waals surface area contributed by atoms with Gasteiger partial charge in [0, 0.05) is 12.2 Å². The van der Waals surface area contributed by atoms with Crippen molar-refractivity contribution in [1.29, 1.82) is 0 Å². The van der Waals surface area contributed by atoms with Crippen LogP contribution in [0.25, 0.3) is 0 Å². The zero-order valence-electron chi connectivity index (χ0n) is 10.6. The van der Waals surface area contributed by atoms with Crippen LogP contribution in [0.15, 0.2) is 36.0 Å². The minimum atomic E-state index is 0.0689. The predicted octanol–water partition coefficient (Wildman–Crippen LogP) is 2.32. The Balaban J connectivity index is 2.38. The molecule has 0 aliphatic rings. The minimum Gasteiger partial charge on any atom is -0.497 e. The predicted molar refractivity (Wildman–Crippen MR) is 69.1 cm³/mol. The van der Waals surface area contributed by atoms with Crippen LogP contribution in [0.5, 0.6) is 5.75 Å². The summed E-state index contributed by atoms with van der Waals surface area (Å²) >= 11 is 0. The first kappa shape index (κ1) is 13.3. The molecule has 0 aliphatic carbocycles. The van der Waals surface area contributed by atoms with Gasteiger partial charge in [-0.15, -0.1) is 0 Å². The number of carbonyl (C=O) groups is 1. The number of benzene rings is 1. The molecule has 0 saturated carbocycles. The number of nitrogens with one attached hydrogen (secondary N) is 1. The van der Waals surface area contributed by atoms with Gasteiger partial charge < -0.3 is 10.1 Å². The van der Waals surface area contributed by atoms with Gasteiger partial charge in [-0.05, 0) is 44.0 Å². The lowest BCUT2D eigenvalue weighted by Gasteiger charge is -2.06. The molecule has 3 heteroatoms. The Labute approximate surface area is 102 Å². The third-order valence-electron chi connectivity index (χ3n) is 2.40. The van der Waals surface area contributed by atoms with E-state index in [2.05, 4.69) is 5.32 Å². The molecule has 1 N–H and O–H groups in total. The second-order valence-corrected chi connectivity index (χ2v) is 3.96. The van der Waals surface area contributed by atoms with E-state index in [1.54, 1.807) is 20.1 Å². The van der Waals surface area contributed by atoms with Gasteiger partial charge in [0.25, 0.3) is 0 Å². The maximum atomic E-state index is 10.8. The van der Waals surface area contributed by atoms with Gasteiger partial charge in [0.05, 0.1) is 7.11 Å². The van der Waals surface area contributed by atoms with E-state index in [9.17, 15) is 4.79 Å². The molecule has 0 spiro atoms. The highest BCUT2D eigenvalue weighted by molar-refractivity contribution is 5.87. The van der Waals surface area contributed by atoms with Gasteiger partial charge in [-0.1, -0.05) is 12.1 Å². The second kappa shape index (κ2) is 6.74. The fraction of sp³-hybridized carbons (Fsp3) is 0.357. The molecule has 17 heavy (non-hydrogen) atoms. The smallest absolute Gasteiger partial charge is 0.154 e. The Morgan fingerprint density at radius 2 is 1.94 bits per heavy atom. The highest BCUT2D eigenvalue weighted by atomic mass is 16.5. The number of carbonyl (C=O) groups excluding carboxylic acids is 1. The first-order valence-electron chi connectivity index (χ1n) is 5.67. The lowest BCUT2D eigenvalue weighted by molar-refractivity contribution is -0.112. The van der Waals surface area contributed by atoms with Crippen LogP contribution in [-0.2, 0) is 11.2 Å². The highest BCUT2D eigenvalue weighted by Crippen LogP contribution is 2.11. The minimum absolute atomic E-state index is 0.0689. The molecule has 1 aromatic carbocycles. The zero-order chi connectivity index (χ0) is 12.7. The summed E-state index contributed by atoms with van der Waals surface area (Å²) in [5.41, 5.74) is 2.15. The third kappa shape index (κ3) is 5.20. The van der Waals surface area contributed by atoms with Gasteiger partial charge in [-0.2, -0.15) is 0 Å². The molecule has 0 saturated heterocycles. The van der Waals surface area contributed by atoms with Crippen molar-refractivity contribution in [3.05, 3.63) is 41.6 Å². The van der Waals surface area contributed by atoms with Crippen LogP contribution < -0.4 is 10.1 Å². The molecule has 0 aliphatic heterocycles. The van der Waals surface area contributed by atoms with E-state index in [1.807, 2.05) is 31.2 Å². The summed E-state index contributed by atoms with van der Waals surface area (Å²) in [5, 5.41) is 3.20. The SMILES string of the molecule is COc1ccc(CCN/C(C)=C/C(C)=O)cc1. The van der Waals surface area contributed by atoms with Gasteiger partial charge in [-0.3, -0.25) is 4.79 Å². The van der Waals surface area contributed by atoms with Gasteiger partial charge in [0.15, 0.2) is 5.78 Å². The van der Waals surface area contributed by atoms with Crippen molar-refractivity contribution in [3.63, 3.8) is 0 Å². The van der Waals surface area contributed by atoms with E-state index in [0.717, 1.165) is 24.4 Å². The number of ketones is 1. The molecule has 92 valence electrons. The van der Waals surface area contributed by atoms with Crippen molar-refractivity contribution in [3.8, 4) is 5.75 Å². The fourth-order valence-electron chi connectivity index (χ4n) is 1.55. The number of rotatable bonds is 6. The average Bonchev–Trinajstić information content (AvgIpc) is 2.29. The molecule has 0 bridgehead atoms. The first-order valence-corrected chi connectivity index (χ1v) is 5.67. The number of hydrogen-bond donors (Lipinski definition) is 1. The fourth-order valence-corrected chi connectivity index (χ4v) is 1.55. The first-order chi connectivity index (χ1) is 8.11. The van der Waals surface area contributed by atoms with E-state index in [-0.39, 0.29) is 5.78 Å². The van der Waals surface area contributed by atoms with Crippen molar-refractivity contribution in [2.75, 3.05) is 13.7 Å². The Morgan fingerprint density at radius 3 is 2.47 bits per heavy atom. The molecule has 0 radical (unpaired) electrons. The maximum Gasteiger partial charge on any atom is 0.154 e. The van der Waals surface area contributed by atoms with Crippen molar-refractivity contribution < 1.29 is 9.53 Å². The van der Waals surface area contributed by atoms with Crippen LogP contribution in [0.3, 0.4) is 0 Å². The molecular weight excluding hydrogens is 214 g/mol. The Bertz CT molecular complexity index is 393. The topological polar surface area (TPSA) is 38.3 Å². The van der Waals surface area contributed by atoms with Gasteiger partial charge >= 0.3 is 0 Å². The van der Waals surface area contributed by atoms with Crippen molar-refractivity contribution in [1.82, 2.24) is 5.32 Å². The Morgan fingerprint density at radius 1 is 1.29 bits per heavy atom. The van der Waals surface area contributed by atoms with Crippen LogP contribution >= 0.6 is 0 Å². The normalized spacial score (nSPS) is 11.1. The summed E-state index contributed by atoms with van der Waals surface area (Å²) in [6, 6.07) is 8.00. The number of hydrogen-bond acceptors (Lipinski definition) is 3. The number of ether oxygens (including phenoxy) is 1. The Kier molecular flexibility index (Phi) is 5.27. The largest absolute Gasteiger partial charge is 0.497 e. The summed E-state index contributed by atoms with van der Waals surface area (Å²) in [5.74, 6) is 0.939. The van der Waals surface area contributed by atoms with E-state index in [1.165, 1.54) is 5.56 Å². The molecule has 1 rings (SSSR count). The third-order valence-corrected chi connectivity index (χ3v) is 2.40. The molecule has 0 amide bonds. The lowest BCUT2D eigenvalue weighted by atomic mass is 10.1. The van der Waals surface area contributed by atoms with E-state index in [0.29, 0.717) is 0 Å². The van der Waals surface area contributed by atoms with Crippen LogP contribution in [-0.4, -0.2) is 19.4 Å². The molecule has 0 unspecified atom stereocenters. The molecule has 0 atom stereocenters. The van der Waals surface area contributed by atoms with E-state index >= 15 is 0 Å². The molecule has 0 fully saturated rings. The standard InChI is InChI=1S/C14H19NO2/c1-11(10-12(2)16)15-9-8-13-4-6-14(17-3)7-5-13/h4-7,10,15H,8-9H2,1-3H3/b11-10+. The summed E-state index contributed by atoms with van der Waals surface area (Å²) in [7, 11) is 1.66. The molecular formula is C14H19NO2. The number of methoxy groups -OCH3 is 1. The molecule has 0 heterocycles. The van der Waals surface area contributed by atoms with Crippen LogP contribution in [0, 0.1) is 0 Å². The van der Waals surface area contributed by atoms with Crippen LogP contribution in [0.2, 0.25) is 0 Å². The van der Waals surface area contributed by atoms with Gasteiger partial charge in [0.1, 0.15) is 5.75 Å². The number of allylic oxidation sites excluding steroid dienone is 2. The molecule has 3 nitrogen and oxygen atoms in total. The van der Waals surface area contributed by atoms with Crippen molar-refractivity contribution >= 4 is 5.78 Å². The monoisotopic (exact) mass is 233 g/mol. The van der Waals surface area contributed by atoms with E-state index in [4.69, 9.17) is 4.74 Å². The summed E-state index contributed by atoms with van der Waals surface area (Å²) in [6.45, 7) is 4.27. The molecule has 0 aromatic heterocycles. The van der Waals surface area contributed by atoms with Gasteiger partial charge in [-0.25, -0.2) is 0 Å². The maximum absolute atomic E-state index is 10.8. The van der Waals surface area contributed by atoms with Crippen LogP contribution in [0.1, 0.15) is 19.4 Å². The zero-order valence-corrected chi connectivity index (χ0v) is 10.6. The highest BCUT2D eigenvalue weighted by Gasteiger charge is 1.95. The summed E-state index contributed by atoms with van der Waals surface area (Å²) < 4.78 is 5.09.